The van der Waals surface area contributed by atoms with Gasteiger partial charge in [0.25, 0.3) is 0 Å². The zero-order valence-electron chi connectivity index (χ0n) is 13.2. The average molecular weight is 382 g/mol. The monoisotopic (exact) mass is 381 g/mol. The van der Waals surface area contributed by atoms with E-state index < -0.39 is 16.0 Å². The Morgan fingerprint density at radius 3 is 2.48 bits per heavy atom. The van der Waals surface area contributed by atoms with Crippen LogP contribution in [0.4, 0.5) is 5.82 Å². The van der Waals surface area contributed by atoms with E-state index in [1.807, 2.05) is 0 Å². The quantitative estimate of drug-likeness (QED) is 0.870. The van der Waals surface area contributed by atoms with Crippen LogP contribution in [-0.4, -0.2) is 55.0 Å². The molecule has 1 N–H and O–H groups in total. The fraction of sp³-hybridized carbons (Fsp3) is 0.250. The van der Waals surface area contributed by atoms with Crippen molar-refractivity contribution in [3.8, 4) is 0 Å². The topological polar surface area (TPSA) is 90.8 Å². The molecule has 0 bridgehead atoms. The molecule has 25 heavy (non-hydrogen) atoms. The number of aromatic nitrogens is 1. The molecule has 1 fully saturated rings. The fourth-order valence-corrected chi connectivity index (χ4v) is 4.46. The first-order valence-electron chi connectivity index (χ1n) is 7.58. The summed E-state index contributed by atoms with van der Waals surface area (Å²) in [5.41, 5.74) is 0.105. The van der Waals surface area contributed by atoms with Crippen LogP contribution in [0.1, 0.15) is 10.4 Å². The number of nitrogens with zero attached hydrogens (tertiary/aromatic N) is 3. The molecule has 1 aliphatic rings. The molecule has 0 unspecified atom stereocenters. The zero-order chi connectivity index (χ0) is 18.0. The minimum atomic E-state index is -3.63. The van der Waals surface area contributed by atoms with Gasteiger partial charge in [-0.15, -0.1) is 0 Å². The van der Waals surface area contributed by atoms with E-state index in [0.29, 0.717) is 23.9 Å². The summed E-state index contributed by atoms with van der Waals surface area (Å²) in [6.45, 7) is 1.20. The molecule has 1 aromatic carbocycles. The molecule has 132 valence electrons. The predicted molar refractivity (Wildman–Crippen MR) is 93.6 cm³/mol. The van der Waals surface area contributed by atoms with E-state index in [2.05, 4.69) is 4.98 Å². The number of piperazine rings is 1. The number of carbonyl (C=O) groups is 1. The first kappa shape index (κ1) is 17.7. The lowest BCUT2D eigenvalue weighted by molar-refractivity contribution is 0.0697. The molecule has 0 aliphatic carbocycles. The second kappa shape index (κ2) is 6.99. The Labute approximate surface area is 150 Å². The maximum absolute atomic E-state index is 12.7. The van der Waals surface area contributed by atoms with Crippen LogP contribution in [0, 0.1) is 0 Å². The van der Waals surface area contributed by atoms with Gasteiger partial charge >= 0.3 is 5.97 Å². The van der Waals surface area contributed by atoms with Crippen LogP contribution in [-0.2, 0) is 10.0 Å². The molecular formula is C16H16ClN3O4S. The number of halogens is 1. The first-order chi connectivity index (χ1) is 11.9. The van der Waals surface area contributed by atoms with Crippen LogP contribution in [0.3, 0.4) is 0 Å². The predicted octanol–water partition coefficient (Wildman–Crippen LogP) is 1.94. The lowest BCUT2D eigenvalue weighted by Crippen LogP contribution is -2.49. The maximum atomic E-state index is 12.7. The minimum absolute atomic E-state index is 0.105. The fourth-order valence-electron chi connectivity index (χ4n) is 2.73. The number of carboxylic acids is 1. The van der Waals surface area contributed by atoms with Crippen molar-refractivity contribution in [3.63, 3.8) is 0 Å². The first-order valence-corrected chi connectivity index (χ1v) is 9.40. The van der Waals surface area contributed by atoms with E-state index in [0.717, 1.165) is 0 Å². The molecule has 2 heterocycles. The molecule has 3 rings (SSSR count). The number of sulfonamides is 1. The summed E-state index contributed by atoms with van der Waals surface area (Å²) in [5.74, 6) is -0.702. The Morgan fingerprint density at radius 2 is 1.84 bits per heavy atom. The number of hydrogen-bond donors (Lipinski definition) is 1. The third-order valence-electron chi connectivity index (χ3n) is 3.99. The van der Waals surface area contributed by atoms with Crippen molar-refractivity contribution in [2.45, 2.75) is 4.90 Å². The lowest BCUT2D eigenvalue weighted by atomic mass is 10.2. The molecular weight excluding hydrogens is 366 g/mol. The van der Waals surface area contributed by atoms with Gasteiger partial charge in [-0.1, -0.05) is 17.7 Å². The Morgan fingerprint density at radius 1 is 1.12 bits per heavy atom. The van der Waals surface area contributed by atoms with E-state index in [-0.39, 0.29) is 23.5 Å². The third-order valence-corrected chi connectivity index (χ3v) is 6.12. The number of aromatic carboxylic acids is 1. The van der Waals surface area contributed by atoms with Crippen molar-refractivity contribution in [1.29, 1.82) is 0 Å². The van der Waals surface area contributed by atoms with Crippen molar-refractivity contribution in [2.75, 3.05) is 31.1 Å². The summed E-state index contributed by atoms with van der Waals surface area (Å²) in [6, 6.07) is 9.19. The Balaban J connectivity index is 1.77. The van der Waals surface area contributed by atoms with E-state index >= 15 is 0 Å². The van der Waals surface area contributed by atoms with Gasteiger partial charge in [0.1, 0.15) is 11.4 Å². The van der Waals surface area contributed by atoms with Gasteiger partial charge in [0.2, 0.25) is 10.0 Å². The molecule has 1 aromatic heterocycles. The molecule has 0 radical (unpaired) electrons. The molecule has 7 nitrogen and oxygen atoms in total. The Bertz CT molecular complexity index is 896. The lowest BCUT2D eigenvalue weighted by Gasteiger charge is -2.35. The summed E-state index contributed by atoms with van der Waals surface area (Å²) in [5, 5.41) is 9.63. The van der Waals surface area contributed by atoms with Crippen molar-refractivity contribution in [3.05, 3.63) is 53.2 Å². The summed E-state index contributed by atoms with van der Waals surface area (Å²) in [6.07, 6.45) is 1.52. The number of carboxylic acid groups (broad SMARTS) is 1. The van der Waals surface area contributed by atoms with Crippen molar-refractivity contribution in [1.82, 2.24) is 9.29 Å². The second-order valence-corrected chi connectivity index (χ2v) is 7.90. The number of rotatable bonds is 4. The maximum Gasteiger partial charge on any atom is 0.339 e. The van der Waals surface area contributed by atoms with E-state index in [1.165, 1.54) is 28.7 Å². The van der Waals surface area contributed by atoms with Crippen LogP contribution in [0.2, 0.25) is 5.02 Å². The smallest absolute Gasteiger partial charge is 0.339 e. The summed E-state index contributed by atoms with van der Waals surface area (Å²) >= 11 is 5.89. The van der Waals surface area contributed by atoms with Crippen molar-refractivity contribution < 1.29 is 18.3 Å². The van der Waals surface area contributed by atoms with Gasteiger partial charge in [-0.2, -0.15) is 4.31 Å². The van der Waals surface area contributed by atoms with Gasteiger partial charge in [0, 0.05) is 37.4 Å². The van der Waals surface area contributed by atoms with E-state index in [4.69, 9.17) is 11.6 Å². The molecule has 1 saturated heterocycles. The van der Waals surface area contributed by atoms with Crippen LogP contribution < -0.4 is 4.90 Å². The van der Waals surface area contributed by atoms with Gasteiger partial charge < -0.3 is 10.0 Å². The zero-order valence-corrected chi connectivity index (χ0v) is 14.7. The normalized spacial score (nSPS) is 16.0. The van der Waals surface area contributed by atoms with Gasteiger partial charge in [-0.25, -0.2) is 18.2 Å². The SMILES string of the molecule is O=C(O)c1cccnc1N1CCN(S(=O)(=O)c2cccc(Cl)c2)CC1. The van der Waals surface area contributed by atoms with Crippen LogP contribution >= 0.6 is 11.6 Å². The Hall–Kier alpha value is -2.16. The van der Waals surface area contributed by atoms with Gasteiger partial charge in [0.05, 0.1) is 4.90 Å². The Kier molecular flexibility index (Phi) is 4.94. The standard InChI is InChI=1S/C16H16ClN3O4S/c17-12-3-1-4-13(11-12)25(23,24)20-9-7-19(8-10-20)15-14(16(21)22)5-2-6-18-15/h1-6,11H,7-10H2,(H,21,22). The minimum Gasteiger partial charge on any atom is -0.478 e. The highest BCUT2D eigenvalue weighted by Gasteiger charge is 2.30. The molecule has 0 spiro atoms. The van der Waals surface area contributed by atoms with Gasteiger partial charge in [-0.3, -0.25) is 0 Å². The molecule has 0 atom stereocenters. The third kappa shape index (κ3) is 3.60. The van der Waals surface area contributed by atoms with E-state index in [1.54, 1.807) is 23.1 Å². The second-order valence-electron chi connectivity index (χ2n) is 5.53. The highest BCUT2D eigenvalue weighted by atomic mass is 35.5. The van der Waals surface area contributed by atoms with Crippen molar-refractivity contribution in [2.24, 2.45) is 0 Å². The largest absolute Gasteiger partial charge is 0.478 e. The van der Waals surface area contributed by atoms with Crippen molar-refractivity contribution >= 4 is 33.4 Å². The highest BCUT2D eigenvalue weighted by molar-refractivity contribution is 7.89. The summed E-state index contributed by atoms with van der Waals surface area (Å²) < 4.78 is 26.8. The molecule has 0 amide bonds. The molecule has 9 heteroatoms. The average Bonchev–Trinajstić information content (AvgIpc) is 2.62. The number of benzene rings is 1. The van der Waals surface area contributed by atoms with E-state index in [9.17, 15) is 18.3 Å². The summed E-state index contributed by atoms with van der Waals surface area (Å²) in [4.78, 5) is 17.4. The molecule has 1 aliphatic heterocycles. The van der Waals surface area contributed by atoms with Crippen LogP contribution in [0.5, 0.6) is 0 Å². The molecule has 0 saturated carbocycles. The number of pyridine rings is 1. The van der Waals surface area contributed by atoms with Crippen LogP contribution in [0.25, 0.3) is 0 Å². The van der Waals surface area contributed by atoms with Gasteiger partial charge in [-0.05, 0) is 30.3 Å². The number of hydrogen-bond acceptors (Lipinski definition) is 5. The highest BCUT2D eigenvalue weighted by Crippen LogP contribution is 2.23. The molecule has 2 aromatic rings. The summed E-state index contributed by atoms with van der Waals surface area (Å²) in [7, 11) is -3.63. The van der Waals surface area contributed by atoms with Gasteiger partial charge in [0.15, 0.2) is 0 Å². The number of anilines is 1. The van der Waals surface area contributed by atoms with Crippen LogP contribution in [0.15, 0.2) is 47.5 Å².